The Hall–Kier alpha value is -3.33. The van der Waals surface area contributed by atoms with Crippen LogP contribution in [0.1, 0.15) is 0 Å². The van der Waals surface area contributed by atoms with Crippen LogP contribution in [0.15, 0.2) is 36.5 Å². The molecule has 4 rings (SSSR count). The second-order valence-electron chi connectivity index (χ2n) is 6.73. The van der Waals surface area contributed by atoms with Crippen molar-refractivity contribution in [3.05, 3.63) is 42.3 Å². The van der Waals surface area contributed by atoms with Crippen LogP contribution in [-0.2, 0) is 0 Å². The molecule has 1 saturated heterocycles. The summed E-state index contributed by atoms with van der Waals surface area (Å²) in [6.45, 7) is 3.63. The first-order valence-electron chi connectivity index (χ1n) is 8.97. The summed E-state index contributed by atoms with van der Waals surface area (Å²) in [5.74, 6) is 0.195. The lowest BCUT2D eigenvalue weighted by Crippen LogP contribution is -2.44. The zero-order chi connectivity index (χ0) is 19.7. The highest BCUT2D eigenvalue weighted by molar-refractivity contribution is 5.68. The second-order valence-corrected chi connectivity index (χ2v) is 6.73. The number of nitrogens with zero attached hydrogens (tertiary/aromatic N) is 6. The van der Waals surface area contributed by atoms with Gasteiger partial charge in [0.1, 0.15) is 5.82 Å². The predicted octanol–water partition coefficient (Wildman–Crippen LogP) is 1.66. The van der Waals surface area contributed by atoms with Crippen LogP contribution in [0.3, 0.4) is 0 Å². The summed E-state index contributed by atoms with van der Waals surface area (Å²) in [7, 11) is 2.09. The quantitative estimate of drug-likeness (QED) is 0.706. The molecular weight excluding hydrogens is 359 g/mol. The smallest absolute Gasteiger partial charge is 0.222 e. The van der Waals surface area contributed by atoms with Crippen LogP contribution < -0.4 is 16.4 Å². The fraction of sp³-hybridized carbons (Fsp3) is 0.263. The minimum atomic E-state index is -0.590. The summed E-state index contributed by atoms with van der Waals surface area (Å²) in [4.78, 5) is 21.5. The number of aromatic nitrogens is 4. The molecule has 4 heterocycles. The number of nitrogens with two attached hydrogens (primary N) is 2. The van der Waals surface area contributed by atoms with Crippen LogP contribution in [-0.4, -0.2) is 58.1 Å². The summed E-state index contributed by atoms with van der Waals surface area (Å²) in [5.41, 5.74) is 13.4. The largest absolute Gasteiger partial charge is 0.381 e. The molecule has 3 aromatic rings. The monoisotopic (exact) mass is 380 g/mol. The molecule has 0 amide bonds. The van der Waals surface area contributed by atoms with Crippen molar-refractivity contribution in [2.45, 2.75) is 0 Å². The highest BCUT2D eigenvalue weighted by Crippen LogP contribution is 2.27. The lowest BCUT2D eigenvalue weighted by atomic mass is 10.1. The molecule has 0 aliphatic carbocycles. The predicted molar refractivity (Wildman–Crippen MR) is 107 cm³/mol. The first kappa shape index (κ1) is 18.1. The topological polar surface area (TPSA) is 110 Å². The van der Waals surface area contributed by atoms with Crippen LogP contribution in [0.25, 0.3) is 22.6 Å². The van der Waals surface area contributed by atoms with Crippen molar-refractivity contribution in [3.63, 3.8) is 0 Å². The van der Waals surface area contributed by atoms with E-state index in [2.05, 4.69) is 36.8 Å². The van der Waals surface area contributed by atoms with E-state index in [0.29, 0.717) is 17.1 Å². The SMILES string of the molecule is CN1CCN(c2cc(-c3cccc(-c4ccnc(N)c4F)n3)nc(N)n2)CC1. The number of hydrogen-bond donors (Lipinski definition) is 2. The Morgan fingerprint density at radius 2 is 1.68 bits per heavy atom. The molecule has 0 unspecified atom stereocenters. The van der Waals surface area contributed by atoms with Gasteiger partial charge in [-0.1, -0.05) is 6.07 Å². The molecule has 1 aliphatic heterocycles. The first-order valence-corrected chi connectivity index (χ1v) is 8.97. The summed E-state index contributed by atoms with van der Waals surface area (Å²) in [6.07, 6.45) is 1.45. The van der Waals surface area contributed by atoms with Crippen LogP contribution in [0.2, 0.25) is 0 Å². The van der Waals surface area contributed by atoms with Crippen molar-refractivity contribution in [2.75, 3.05) is 49.6 Å². The molecule has 9 heteroatoms. The third-order valence-electron chi connectivity index (χ3n) is 4.76. The zero-order valence-electron chi connectivity index (χ0n) is 15.5. The minimum Gasteiger partial charge on any atom is -0.381 e. The van der Waals surface area contributed by atoms with Gasteiger partial charge < -0.3 is 21.3 Å². The van der Waals surface area contributed by atoms with Gasteiger partial charge in [-0.25, -0.2) is 19.3 Å². The summed E-state index contributed by atoms with van der Waals surface area (Å²) < 4.78 is 14.3. The minimum absolute atomic E-state index is 0.159. The second kappa shape index (κ2) is 7.35. The van der Waals surface area contributed by atoms with Crippen molar-refractivity contribution >= 4 is 17.6 Å². The van der Waals surface area contributed by atoms with Gasteiger partial charge in [0.05, 0.1) is 17.1 Å². The molecule has 0 bridgehead atoms. The van der Waals surface area contributed by atoms with Gasteiger partial charge in [-0.3, -0.25) is 0 Å². The lowest BCUT2D eigenvalue weighted by Gasteiger charge is -2.33. The van der Waals surface area contributed by atoms with Gasteiger partial charge in [0.2, 0.25) is 5.95 Å². The van der Waals surface area contributed by atoms with E-state index in [0.717, 1.165) is 32.0 Å². The number of rotatable bonds is 3. The van der Waals surface area contributed by atoms with E-state index >= 15 is 0 Å². The molecule has 28 heavy (non-hydrogen) atoms. The van der Waals surface area contributed by atoms with Gasteiger partial charge in [-0.2, -0.15) is 4.98 Å². The maximum atomic E-state index is 14.3. The van der Waals surface area contributed by atoms with Crippen LogP contribution >= 0.6 is 0 Å². The van der Waals surface area contributed by atoms with E-state index in [-0.39, 0.29) is 17.3 Å². The van der Waals surface area contributed by atoms with Crippen LogP contribution in [0, 0.1) is 5.82 Å². The summed E-state index contributed by atoms with van der Waals surface area (Å²) in [5, 5.41) is 0. The van der Waals surface area contributed by atoms with E-state index in [1.54, 1.807) is 18.2 Å². The number of hydrogen-bond acceptors (Lipinski definition) is 8. The van der Waals surface area contributed by atoms with Crippen molar-refractivity contribution in [1.82, 2.24) is 24.8 Å². The van der Waals surface area contributed by atoms with E-state index in [9.17, 15) is 4.39 Å². The Morgan fingerprint density at radius 3 is 2.46 bits per heavy atom. The number of pyridine rings is 2. The Labute approximate surface area is 162 Å². The maximum absolute atomic E-state index is 14.3. The Bertz CT molecular complexity index is 1000. The first-order chi connectivity index (χ1) is 13.5. The van der Waals surface area contributed by atoms with Crippen molar-refractivity contribution in [2.24, 2.45) is 0 Å². The van der Waals surface area contributed by atoms with Gasteiger partial charge >= 0.3 is 0 Å². The van der Waals surface area contributed by atoms with Crippen molar-refractivity contribution < 1.29 is 4.39 Å². The molecule has 8 nitrogen and oxygen atoms in total. The molecule has 0 radical (unpaired) electrons. The number of halogens is 1. The third kappa shape index (κ3) is 3.56. The maximum Gasteiger partial charge on any atom is 0.222 e. The van der Waals surface area contributed by atoms with Gasteiger partial charge in [0.25, 0.3) is 0 Å². The number of anilines is 3. The van der Waals surface area contributed by atoms with Crippen molar-refractivity contribution in [1.29, 1.82) is 0 Å². The molecule has 1 fully saturated rings. The van der Waals surface area contributed by atoms with Gasteiger partial charge in [0.15, 0.2) is 11.6 Å². The molecule has 0 aromatic carbocycles. The average Bonchev–Trinajstić information content (AvgIpc) is 2.70. The normalized spacial score (nSPS) is 15.0. The fourth-order valence-electron chi connectivity index (χ4n) is 3.17. The Morgan fingerprint density at radius 1 is 0.929 bits per heavy atom. The molecule has 0 saturated carbocycles. The summed E-state index contributed by atoms with van der Waals surface area (Å²) >= 11 is 0. The standard InChI is InChI=1S/C19H21FN8/c1-27-7-9-28(10-8-27)16-11-15(25-19(22)26-16)14-4-2-3-13(24-14)12-5-6-23-18(21)17(12)20/h2-6,11H,7-10H2,1H3,(H2,21,23)(H2,22,25,26). The van der Waals surface area contributed by atoms with E-state index in [1.165, 1.54) is 6.20 Å². The average molecular weight is 380 g/mol. The fourth-order valence-corrected chi connectivity index (χ4v) is 3.17. The molecule has 4 N–H and O–H groups in total. The van der Waals surface area contributed by atoms with Gasteiger partial charge in [-0.05, 0) is 25.2 Å². The van der Waals surface area contributed by atoms with E-state index in [4.69, 9.17) is 11.5 Å². The van der Waals surface area contributed by atoms with Gasteiger partial charge in [-0.15, -0.1) is 0 Å². The third-order valence-corrected chi connectivity index (χ3v) is 4.76. The Kier molecular flexibility index (Phi) is 4.74. The molecule has 1 aliphatic rings. The van der Waals surface area contributed by atoms with Crippen molar-refractivity contribution in [3.8, 4) is 22.6 Å². The lowest BCUT2D eigenvalue weighted by molar-refractivity contribution is 0.312. The molecule has 0 spiro atoms. The highest BCUT2D eigenvalue weighted by atomic mass is 19.1. The molecular formula is C19H21FN8. The van der Waals surface area contributed by atoms with E-state index < -0.39 is 5.82 Å². The number of piperazine rings is 1. The Balaban J connectivity index is 1.71. The van der Waals surface area contributed by atoms with Crippen LogP contribution in [0.4, 0.5) is 22.0 Å². The van der Waals surface area contributed by atoms with Gasteiger partial charge in [0, 0.05) is 44.0 Å². The highest BCUT2D eigenvalue weighted by Gasteiger charge is 2.18. The van der Waals surface area contributed by atoms with E-state index in [1.807, 2.05) is 12.1 Å². The molecule has 0 atom stereocenters. The zero-order valence-corrected chi connectivity index (χ0v) is 15.5. The number of nitrogen functional groups attached to an aromatic ring is 2. The van der Waals surface area contributed by atoms with Crippen LogP contribution in [0.5, 0.6) is 0 Å². The molecule has 3 aromatic heterocycles. The summed E-state index contributed by atoms with van der Waals surface area (Å²) in [6, 6.07) is 8.73. The number of likely N-dealkylation sites (N-methyl/N-ethyl adjacent to an activating group) is 1. The molecule has 144 valence electrons.